The minimum Gasteiger partial charge on any atom is -0.365 e. The fourth-order valence-corrected chi connectivity index (χ4v) is 3.07. The van der Waals surface area contributed by atoms with E-state index in [1.165, 1.54) is 0 Å². The Balaban J connectivity index is 1.47. The molecule has 3 aromatic rings. The van der Waals surface area contributed by atoms with Crippen LogP contribution in [-0.2, 0) is 0 Å². The highest BCUT2D eigenvalue weighted by Crippen LogP contribution is 2.23. The first-order chi connectivity index (χ1) is 11.8. The molecule has 0 unspecified atom stereocenters. The number of rotatable bonds is 3. The number of fused-ring (bicyclic) bond motifs is 1. The molecule has 0 atom stereocenters. The third-order valence-electron chi connectivity index (χ3n) is 4.16. The summed E-state index contributed by atoms with van der Waals surface area (Å²) in [5.41, 5.74) is 1.50. The monoisotopic (exact) mass is 341 g/mol. The van der Waals surface area contributed by atoms with E-state index < -0.39 is 0 Å². The van der Waals surface area contributed by atoms with Gasteiger partial charge in [-0.25, -0.2) is 19.9 Å². The van der Waals surface area contributed by atoms with E-state index in [-0.39, 0.29) is 0 Å². The summed E-state index contributed by atoms with van der Waals surface area (Å²) in [6.07, 6.45) is 8.75. The molecule has 1 fully saturated rings. The number of halogens is 1. The van der Waals surface area contributed by atoms with E-state index in [4.69, 9.17) is 11.6 Å². The lowest BCUT2D eigenvalue weighted by atomic mass is 10.1. The number of nitrogens with one attached hydrogen (secondary N) is 1. The molecule has 0 saturated carbocycles. The zero-order chi connectivity index (χ0) is 16.4. The molecule has 0 aromatic carbocycles. The maximum Gasteiger partial charge on any atom is 0.156 e. The number of piperidine rings is 1. The molecule has 122 valence electrons. The molecule has 1 aliphatic rings. The van der Waals surface area contributed by atoms with E-state index in [0.717, 1.165) is 43.1 Å². The molecule has 0 amide bonds. The minimum absolute atomic E-state index is 0.330. The fraction of sp³-hybridized carbons (Fsp3) is 0.312. The predicted molar refractivity (Wildman–Crippen MR) is 93.2 cm³/mol. The van der Waals surface area contributed by atoms with Crippen molar-refractivity contribution in [2.75, 3.05) is 23.3 Å². The lowest BCUT2D eigenvalue weighted by molar-refractivity contribution is 0.522. The second-order valence-corrected chi connectivity index (χ2v) is 6.08. The molecule has 0 spiro atoms. The van der Waals surface area contributed by atoms with Gasteiger partial charge < -0.3 is 10.2 Å². The molecular formula is C16H16ClN7. The summed E-state index contributed by atoms with van der Waals surface area (Å²) in [5, 5.41) is 3.93. The summed E-state index contributed by atoms with van der Waals surface area (Å²) in [4.78, 5) is 23.7. The van der Waals surface area contributed by atoms with Crippen LogP contribution in [-0.4, -0.2) is 44.1 Å². The molecule has 4 rings (SSSR count). The lowest BCUT2D eigenvalue weighted by Gasteiger charge is -2.33. The first kappa shape index (κ1) is 15.0. The van der Waals surface area contributed by atoms with Crippen molar-refractivity contribution in [3.63, 3.8) is 0 Å². The van der Waals surface area contributed by atoms with E-state index in [9.17, 15) is 0 Å². The van der Waals surface area contributed by atoms with Crippen molar-refractivity contribution in [1.82, 2.24) is 24.9 Å². The highest BCUT2D eigenvalue weighted by molar-refractivity contribution is 6.29. The minimum atomic E-state index is 0.330. The number of aromatic nitrogens is 5. The van der Waals surface area contributed by atoms with Gasteiger partial charge in [0.1, 0.15) is 22.8 Å². The molecular weight excluding hydrogens is 326 g/mol. The molecule has 7 nitrogen and oxygen atoms in total. The van der Waals surface area contributed by atoms with Gasteiger partial charge in [-0.3, -0.25) is 4.98 Å². The van der Waals surface area contributed by atoms with E-state index >= 15 is 0 Å². The maximum absolute atomic E-state index is 6.01. The van der Waals surface area contributed by atoms with Crippen LogP contribution in [0.15, 0.2) is 37.1 Å². The van der Waals surface area contributed by atoms with Crippen molar-refractivity contribution in [2.24, 2.45) is 0 Å². The second kappa shape index (κ2) is 6.52. The van der Waals surface area contributed by atoms with Crippen LogP contribution in [0.1, 0.15) is 12.8 Å². The van der Waals surface area contributed by atoms with Gasteiger partial charge in [0.05, 0.1) is 11.7 Å². The summed E-state index contributed by atoms with van der Waals surface area (Å²) in [6.45, 7) is 1.85. The Labute approximate surface area is 144 Å². The molecule has 24 heavy (non-hydrogen) atoms. The Bertz CT molecular complexity index is 834. The van der Waals surface area contributed by atoms with Crippen LogP contribution in [0.3, 0.4) is 0 Å². The SMILES string of the molecule is Clc1ccc2ncnc(NC3CCN(c4cnccn4)CC3)c2n1. The summed E-state index contributed by atoms with van der Waals surface area (Å²) >= 11 is 6.01. The van der Waals surface area contributed by atoms with Crippen LogP contribution in [0, 0.1) is 0 Å². The number of anilines is 2. The Morgan fingerprint density at radius 1 is 1.08 bits per heavy atom. The number of hydrogen-bond acceptors (Lipinski definition) is 7. The van der Waals surface area contributed by atoms with Crippen molar-refractivity contribution in [3.05, 3.63) is 42.2 Å². The van der Waals surface area contributed by atoms with E-state index in [2.05, 4.69) is 35.1 Å². The lowest BCUT2D eigenvalue weighted by Crippen LogP contribution is -2.39. The highest BCUT2D eigenvalue weighted by Gasteiger charge is 2.21. The van der Waals surface area contributed by atoms with Gasteiger partial charge in [0.15, 0.2) is 5.82 Å². The van der Waals surface area contributed by atoms with Crippen LogP contribution in [0.2, 0.25) is 5.15 Å². The molecule has 1 saturated heterocycles. The van der Waals surface area contributed by atoms with Crippen LogP contribution in [0.5, 0.6) is 0 Å². The number of nitrogens with zero attached hydrogens (tertiary/aromatic N) is 6. The Morgan fingerprint density at radius 3 is 2.75 bits per heavy atom. The zero-order valence-corrected chi connectivity index (χ0v) is 13.7. The molecule has 0 aliphatic carbocycles. The first-order valence-corrected chi connectivity index (χ1v) is 8.22. The predicted octanol–water partition coefficient (Wildman–Crippen LogP) is 2.55. The summed E-state index contributed by atoms with van der Waals surface area (Å²) < 4.78 is 0. The highest BCUT2D eigenvalue weighted by atomic mass is 35.5. The van der Waals surface area contributed by atoms with Gasteiger partial charge in [0, 0.05) is 31.5 Å². The van der Waals surface area contributed by atoms with E-state index in [1.54, 1.807) is 31.0 Å². The summed E-state index contributed by atoms with van der Waals surface area (Å²) in [5.74, 6) is 1.66. The van der Waals surface area contributed by atoms with Gasteiger partial charge in [0.2, 0.25) is 0 Å². The van der Waals surface area contributed by atoms with Gasteiger partial charge in [-0.1, -0.05) is 11.6 Å². The third kappa shape index (κ3) is 3.07. The summed E-state index contributed by atoms with van der Waals surface area (Å²) in [6, 6.07) is 3.92. The van der Waals surface area contributed by atoms with Crippen LogP contribution in [0.25, 0.3) is 11.0 Å². The van der Waals surface area contributed by atoms with Gasteiger partial charge >= 0.3 is 0 Å². The van der Waals surface area contributed by atoms with Crippen LogP contribution in [0.4, 0.5) is 11.6 Å². The largest absolute Gasteiger partial charge is 0.365 e. The van der Waals surface area contributed by atoms with Crippen LogP contribution >= 0.6 is 11.6 Å². The van der Waals surface area contributed by atoms with Crippen LogP contribution < -0.4 is 10.2 Å². The van der Waals surface area contributed by atoms with Gasteiger partial charge in [-0.05, 0) is 25.0 Å². The average Bonchev–Trinajstić information content (AvgIpc) is 2.64. The standard InChI is InChI=1S/C16H16ClN7/c17-13-2-1-12-15(23-13)16(21-10-20-12)22-11-3-7-24(8-4-11)14-9-18-5-6-19-14/h1-2,5-6,9-11H,3-4,7-8H2,(H,20,21,22). The Hall–Kier alpha value is -2.54. The fourth-order valence-electron chi connectivity index (χ4n) is 2.92. The molecule has 3 aromatic heterocycles. The topological polar surface area (TPSA) is 79.7 Å². The third-order valence-corrected chi connectivity index (χ3v) is 4.37. The van der Waals surface area contributed by atoms with Crippen molar-refractivity contribution in [1.29, 1.82) is 0 Å². The first-order valence-electron chi connectivity index (χ1n) is 7.84. The normalized spacial score (nSPS) is 15.6. The van der Waals surface area contributed by atoms with Crippen molar-refractivity contribution in [3.8, 4) is 0 Å². The quantitative estimate of drug-likeness (QED) is 0.733. The number of hydrogen-bond donors (Lipinski definition) is 1. The smallest absolute Gasteiger partial charge is 0.156 e. The van der Waals surface area contributed by atoms with Crippen molar-refractivity contribution >= 4 is 34.3 Å². The Morgan fingerprint density at radius 2 is 1.96 bits per heavy atom. The van der Waals surface area contributed by atoms with Gasteiger partial charge in [-0.2, -0.15) is 0 Å². The Kier molecular flexibility index (Phi) is 4.08. The zero-order valence-electron chi connectivity index (χ0n) is 12.9. The molecule has 8 heteroatoms. The molecule has 0 radical (unpaired) electrons. The van der Waals surface area contributed by atoms with E-state index in [1.807, 2.05) is 6.07 Å². The second-order valence-electron chi connectivity index (χ2n) is 5.69. The molecule has 4 heterocycles. The maximum atomic E-state index is 6.01. The van der Waals surface area contributed by atoms with E-state index in [0.29, 0.717) is 16.7 Å². The molecule has 1 N–H and O–H groups in total. The average molecular weight is 342 g/mol. The summed E-state index contributed by atoms with van der Waals surface area (Å²) in [7, 11) is 0. The number of pyridine rings is 1. The van der Waals surface area contributed by atoms with Gasteiger partial charge in [0.25, 0.3) is 0 Å². The molecule has 0 bridgehead atoms. The van der Waals surface area contributed by atoms with Gasteiger partial charge in [-0.15, -0.1) is 0 Å². The van der Waals surface area contributed by atoms with Crippen molar-refractivity contribution < 1.29 is 0 Å². The molecule has 1 aliphatic heterocycles. The van der Waals surface area contributed by atoms with Crippen molar-refractivity contribution in [2.45, 2.75) is 18.9 Å².